The lowest BCUT2D eigenvalue weighted by molar-refractivity contribution is 0.0876. The van der Waals surface area contributed by atoms with E-state index in [2.05, 4.69) is 27.4 Å². The highest BCUT2D eigenvalue weighted by Gasteiger charge is 2.32. The molecule has 7 heteroatoms. The number of piperidine rings is 2. The molecule has 2 N–H and O–H groups in total. The molecule has 0 radical (unpaired) electrons. The molecule has 2 amide bonds. The van der Waals surface area contributed by atoms with E-state index in [1.807, 2.05) is 12.1 Å². The molecule has 0 unspecified atom stereocenters. The van der Waals surface area contributed by atoms with Crippen LogP contribution >= 0.6 is 0 Å². The Balaban J connectivity index is 1.34. The molecule has 2 saturated heterocycles. The van der Waals surface area contributed by atoms with Crippen molar-refractivity contribution in [3.05, 3.63) is 65.7 Å². The van der Waals surface area contributed by atoms with E-state index in [0.717, 1.165) is 52.1 Å². The van der Waals surface area contributed by atoms with E-state index in [-0.39, 0.29) is 23.7 Å². The van der Waals surface area contributed by atoms with Crippen LogP contribution in [0.5, 0.6) is 0 Å². The van der Waals surface area contributed by atoms with Gasteiger partial charge in [0, 0.05) is 43.8 Å². The number of carbonyl (C=O) groups is 1. The van der Waals surface area contributed by atoms with Crippen molar-refractivity contribution in [1.82, 2.24) is 15.1 Å². The van der Waals surface area contributed by atoms with Crippen LogP contribution in [0.2, 0.25) is 0 Å². The van der Waals surface area contributed by atoms with Crippen molar-refractivity contribution in [2.45, 2.75) is 38.6 Å². The van der Waals surface area contributed by atoms with Gasteiger partial charge in [-0.05, 0) is 86.7 Å². The maximum absolute atomic E-state index is 13.3. The molecule has 0 saturated carbocycles. The smallest absolute Gasteiger partial charge is 0.319 e. The summed E-state index contributed by atoms with van der Waals surface area (Å²) in [6.07, 6.45) is 4.26. The van der Waals surface area contributed by atoms with E-state index in [9.17, 15) is 13.6 Å². The minimum Gasteiger partial charge on any atom is -0.335 e. The van der Waals surface area contributed by atoms with E-state index in [1.54, 1.807) is 24.3 Å². The number of carbonyl (C=O) groups excluding carboxylic acids is 1. The summed E-state index contributed by atoms with van der Waals surface area (Å²) in [6.45, 7) is 8.21. The summed E-state index contributed by atoms with van der Waals surface area (Å²) in [5.41, 5.74) is 1.78. The third kappa shape index (κ3) is 7.00. The Kier molecular flexibility index (Phi) is 8.51. The molecule has 2 aliphatic rings. The maximum atomic E-state index is 13.3. The fourth-order valence-corrected chi connectivity index (χ4v) is 5.41. The summed E-state index contributed by atoms with van der Waals surface area (Å²) in [5, 5.41) is 6.02. The summed E-state index contributed by atoms with van der Waals surface area (Å²) in [5.74, 6) is 0.404. The Bertz CT molecular complexity index is 921. The zero-order chi connectivity index (χ0) is 23.9. The number of anilines is 1. The molecule has 4 rings (SSSR count). The molecule has 0 aliphatic carbocycles. The molecule has 2 aromatic carbocycles. The van der Waals surface area contributed by atoms with Crippen molar-refractivity contribution >= 4 is 11.7 Å². The van der Waals surface area contributed by atoms with Gasteiger partial charge >= 0.3 is 6.03 Å². The Morgan fingerprint density at radius 3 is 2.35 bits per heavy atom. The fourth-order valence-electron chi connectivity index (χ4n) is 5.41. The molecule has 0 aromatic heterocycles. The van der Waals surface area contributed by atoms with Crippen LogP contribution < -0.4 is 10.6 Å². The van der Waals surface area contributed by atoms with E-state index >= 15 is 0 Å². The lowest BCUT2D eigenvalue weighted by Crippen LogP contribution is -2.55. The topological polar surface area (TPSA) is 47.6 Å². The molecule has 3 atom stereocenters. The number of hydrogen-bond acceptors (Lipinski definition) is 3. The van der Waals surface area contributed by atoms with Gasteiger partial charge in [0.05, 0.1) is 0 Å². The molecule has 34 heavy (non-hydrogen) atoms. The first-order valence-electron chi connectivity index (χ1n) is 12.5. The van der Waals surface area contributed by atoms with E-state index < -0.39 is 0 Å². The molecule has 0 bridgehead atoms. The Labute approximate surface area is 201 Å². The van der Waals surface area contributed by atoms with Gasteiger partial charge in [-0.2, -0.15) is 0 Å². The quantitative estimate of drug-likeness (QED) is 0.614. The second kappa shape index (κ2) is 11.8. The third-order valence-corrected chi connectivity index (χ3v) is 7.22. The number of nitrogens with one attached hydrogen (secondary N) is 2. The van der Waals surface area contributed by atoms with Gasteiger partial charge in [-0.15, -0.1) is 0 Å². The number of likely N-dealkylation sites (tertiary alicyclic amines) is 2. The first-order valence-corrected chi connectivity index (χ1v) is 12.5. The van der Waals surface area contributed by atoms with Gasteiger partial charge in [-0.25, -0.2) is 13.6 Å². The minimum absolute atomic E-state index is 0.0979. The highest BCUT2D eigenvalue weighted by atomic mass is 19.1. The minimum atomic E-state index is -0.322. The average Bonchev–Trinajstić information content (AvgIpc) is 2.83. The van der Waals surface area contributed by atoms with Crippen LogP contribution in [0.1, 0.15) is 31.7 Å². The van der Waals surface area contributed by atoms with Crippen LogP contribution in [-0.2, 0) is 6.42 Å². The van der Waals surface area contributed by atoms with E-state index in [0.29, 0.717) is 17.5 Å². The summed E-state index contributed by atoms with van der Waals surface area (Å²) < 4.78 is 26.4. The fraction of sp³-hybridized carbons (Fsp3) is 0.519. The van der Waals surface area contributed by atoms with Crippen LogP contribution in [0.25, 0.3) is 0 Å². The first-order chi connectivity index (χ1) is 16.5. The van der Waals surface area contributed by atoms with Crippen molar-refractivity contribution in [3.8, 4) is 0 Å². The molecule has 2 fully saturated rings. The first kappa shape index (κ1) is 24.6. The third-order valence-electron chi connectivity index (χ3n) is 7.22. The molecule has 5 nitrogen and oxygen atoms in total. The number of amides is 2. The average molecular weight is 471 g/mol. The number of rotatable bonds is 7. The molecule has 2 heterocycles. The van der Waals surface area contributed by atoms with Crippen LogP contribution in [0, 0.1) is 23.5 Å². The molecular weight excluding hydrogens is 434 g/mol. The van der Waals surface area contributed by atoms with Gasteiger partial charge in [0.25, 0.3) is 0 Å². The predicted molar refractivity (Wildman–Crippen MR) is 132 cm³/mol. The number of benzene rings is 2. The SMILES string of the molecule is CCN1CC[C@@H](NC(=O)Nc2ccc(F)cc2)[C@H](CN2CCC[C@@H](Cc3ccc(F)cc3)C2)C1. The van der Waals surface area contributed by atoms with Crippen molar-refractivity contribution in [2.24, 2.45) is 11.8 Å². The summed E-state index contributed by atoms with van der Waals surface area (Å²) in [4.78, 5) is 17.7. The predicted octanol–water partition coefficient (Wildman–Crippen LogP) is 4.75. The summed E-state index contributed by atoms with van der Waals surface area (Å²) >= 11 is 0. The van der Waals surface area contributed by atoms with Crippen LogP contribution in [0.4, 0.5) is 19.3 Å². The van der Waals surface area contributed by atoms with Gasteiger partial charge in [-0.3, -0.25) is 0 Å². The standard InChI is InChI=1S/C27H36F2N4O/c1-2-32-15-13-26(31-27(34)30-25-11-9-24(29)10-12-25)22(18-32)19-33-14-3-4-21(17-33)16-20-5-7-23(28)8-6-20/h5-12,21-22,26H,2-4,13-19H2,1H3,(H2,30,31,34)/t21-,22-,26+/m0/s1. The van der Waals surface area contributed by atoms with E-state index in [1.165, 1.54) is 30.5 Å². The monoisotopic (exact) mass is 470 g/mol. The Hall–Kier alpha value is -2.51. The zero-order valence-corrected chi connectivity index (χ0v) is 20.0. The largest absolute Gasteiger partial charge is 0.335 e. The number of urea groups is 1. The van der Waals surface area contributed by atoms with Gasteiger partial charge < -0.3 is 20.4 Å². The lowest BCUT2D eigenvalue weighted by atomic mass is 9.88. The lowest BCUT2D eigenvalue weighted by Gasteiger charge is -2.42. The van der Waals surface area contributed by atoms with Crippen molar-refractivity contribution < 1.29 is 13.6 Å². The molecule has 0 spiro atoms. The van der Waals surface area contributed by atoms with E-state index in [4.69, 9.17) is 0 Å². The maximum Gasteiger partial charge on any atom is 0.319 e. The van der Waals surface area contributed by atoms with Crippen LogP contribution in [0.15, 0.2) is 48.5 Å². The highest BCUT2D eigenvalue weighted by molar-refractivity contribution is 5.89. The van der Waals surface area contributed by atoms with Crippen molar-refractivity contribution in [2.75, 3.05) is 44.6 Å². The number of nitrogens with zero attached hydrogens (tertiary/aromatic N) is 2. The molecular formula is C27H36F2N4O. The van der Waals surface area contributed by atoms with Gasteiger partial charge in [0.15, 0.2) is 0 Å². The Morgan fingerprint density at radius 1 is 0.941 bits per heavy atom. The van der Waals surface area contributed by atoms with Crippen LogP contribution in [0.3, 0.4) is 0 Å². The van der Waals surface area contributed by atoms with Gasteiger partial charge in [-0.1, -0.05) is 19.1 Å². The van der Waals surface area contributed by atoms with Crippen LogP contribution in [-0.4, -0.2) is 61.1 Å². The molecule has 184 valence electrons. The summed E-state index contributed by atoms with van der Waals surface area (Å²) in [7, 11) is 0. The van der Waals surface area contributed by atoms with Gasteiger partial charge in [0.1, 0.15) is 11.6 Å². The van der Waals surface area contributed by atoms with Gasteiger partial charge in [0.2, 0.25) is 0 Å². The Morgan fingerprint density at radius 2 is 1.65 bits per heavy atom. The number of hydrogen-bond donors (Lipinski definition) is 2. The molecule has 2 aromatic rings. The number of halogens is 2. The highest BCUT2D eigenvalue weighted by Crippen LogP contribution is 2.25. The molecule has 2 aliphatic heterocycles. The second-order valence-corrected chi connectivity index (χ2v) is 9.75. The zero-order valence-electron chi connectivity index (χ0n) is 20.0. The normalized spacial score (nSPS) is 24.0. The summed E-state index contributed by atoms with van der Waals surface area (Å²) in [6, 6.07) is 12.6. The second-order valence-electron chi connectivity index (χ2n) is 9.75. The van der Waals surface area contributed by atoms with Crippen molar-refractivity contribution in [1.29, 1.82) is 0 Å². The van der Waals surface area contributed by atoms with Crippen molar-refractivity contribution in [3.63, 3.8) is 0 Å².